The Morgan fingerprint density at radius 1 is 1.14 bits per heavy atom. The number of aryl methyl sites for hydroxylation is 1. The first-order valence-corrected chi connectivity index (χ1v) is 18.0. The van der Waals surface area contributed by atoms with Gasteiger partial charge in [-0.1, -0.05) is 36.7 Å². The SMILES string of the molecule is COCC[C@@H]1/C=C\[C@@H]2CC[C@H]2CN2C[C@@]3(CCCc4cc(Cl)ccc43)COc3ccc(cc32)C(=O)NS(=O)(=O)[C@H](C)[C@@H](C)C1. The second-order valence-electron chi connectivity index (χ2n) is 13.6. The molecule has 0 radical (unpaired) electrons. The quantitative estimate of drug-likeness (QED) is 0.384. The van der Waals surface area contributed by atoms with E-state index in [4.69, 9.17) is 21.1 Å². The number of benzene rings is 2. The molecule has 2 bridgehead atoms. The van der Waals surface area contributed by atoms with Crippen LogP contribution in [-0.2, 0) is 26.6 Å². The predicted octanol–water partition coefficient (Wildman–Crippen LogP) is 6.54. The predicted molar refractivity (Wildman–Crippen MR) is 175 cm³/mol. The third-order valence-electron chi connectivity index (χ3n) is 10.8. The van der Waals surface area contributed by atoms with Gasteiger partial charge in [0.1, 0.15) is 5.75 Å². The molecule has 4 aliphatic rings. The Morgan fingerprint density at radius 2 is 1.98 bits per heavy atom. The molecule has 0 saturated heterocycles. The Bertz CT molecular complexity index is 1530. The molecule has 7 nitrogen and oxygen atoms in total. The first-order valence-electron chi connectivity index (χ1n) is 16.1. The van der Waals surface area contributed by atoms with Gasteiger partial charge in [0.05, 0.1) is 17.5 Å². The second kappa shape index (κ2) is 12.7. The Labute approximate surface area is 267 Å². The van der Waals surface area contributed by atoms with E-state index in [0.717, 1.165) is 68.1 Å². The van der Waals surface area contributed by atoms with E-state index in [2.05, 4.69) is 33.9 Å². The number of carbonyl (C=O) groups excluding carboxylic acids is 1. The van der Waals surface area contributed by atoms with Gasteiger partial charge >= 0.3 is 0 Å². The zero-order chi connectivity index (χ0) is 31.1. The van der Waals surface area contributed by atoms with E-state index in [0.29, 0.717) is 37.0 Å². The average molecular weight is 641 g/mol. The molecule has 238 valence electrons. The minimum atomic E-state index is -3.90. The van der Waals surface area contributed by atoms with Crippen molar-refractivity contribution in [2.75, 3.05) is 38.3 Å². The highest BCUT2D eigenvalue weighted by atomic mass is 35.5. The maximum absolute atomic E-state index is 13.5. The maximum atomic E-state index is 13.5. The molecule has 2 aromatic rings. The number of anilines is 1. The highest BCUT2D eigenvalue weighted by molar-refractivity contribution is 7.90. The number of allylic oxidation sites excluding steroid dienone is 2. The van der Waals surface area contributed by atoms with Crippen LogP contribution in [0.5, 0.6) is 5.75 Å². The number of sulfonamides is 1. The largest absolute Gasteiger partial charge is 0.490 e. The number of hydrogen-bond acceptors (Lipinski definition) is 6. The minimum absolute atomic E-state index is 0.141. The zero-order valence-corrected chi connectivity index (χ0v) is 27.6. The van der Waals surface area contributed by atoms with Gasteiger partial charge in [0.2, 0.25) is 10.0 Å². The Morgan fingerprint density at radius 3 is 2.75 bits per heavy atom. The van der Waals surface area contributed by atoms with Crippen molar-refractivity contribution in [2.24, 2.45) is 23.7 Å². The third-order valence-corrected chi connectivity index (χ3v) is 12.9. The van der Waals surface area contributed by atoms with Crippen LogP contribution in [0.4, 0.5) is 5.69 Å². The van der Waals surface area contributed by atoms with Crippen molar-refractivity contribution in [3.63, 3.8) is 0 Å². The van der Waals surface area contributed by atoms with Crippen LogP contribution in [0.2, 0.25) is 5.02 Å². The lowest BCUT2D eigenvalue weighted by Gasteiger charge is -2.44. The van der Waals surface area contributed by atoms with Crippen LogP contribution < -0.4 is 14.4 Å². The lowest BCUT2D eigenvalue weighted by Crippen LogP contribution is -2.48. The third kappa shape index (κ3) is 6.27. The van der Waals surface area contributed by atoms with Crippen LogP contribution in [0.25, 0.3) is 0 Å². The first kappa shape index (κ1) is 31.4. The molecular weight excluding hydrogens is 596 g/mol. The van der Waals surface area contributed by atoms with Gasteiger partial charge in [-0.05, 0) is 117 Å². The molecule has 1 saturated carbocycles. The number of halogens is 1. The van der Waals surface area contributed by atoms with Gasteiger partial charge in [0, 0.05) is 42.8 Å². The monoisotopic (exact) mass is 640 g/mol. The van der Waals surface area contributed by atoms with Gasteiger partial charge in [-0.3, -0.25) is 4.79 Å². The lowest BCUT2D eigenvalue weighted by molar-refractivity contribution is 0.0980. The van der Waals surface area contributed by atoms with Crippen molar-refractivity contribution in [1.29, 1.82) is 0 Å². The van der Waals surface area contributed by atoms with Gasteiger partial charge in [0.25, 0.3) is 5.91 Å². The van der Waals surface area contributed by atoms with Crippen molar-refractivity contribution in [1.82, 2.24) is 4.72 Å². The molecule has 1 spiro atoms. The molecular formula is C35H45ClN2O5S. The second-order valence-corrected chi connectivity index (χ2v) is 16.1. The zero-order valence-electron chi connectivity index (χ0n) is 26.1. The molecule has 1 amide bonds. The van der Waals surface area contributed by atoms with Crippen LogP contribution in [-0.4, -0.2) is 53.0 Å². The highest BCUT2D eigenvalue weighted by Gasteiger charge is 2.43. The smallest absolute Gasteiger partial charge is 0.264 e. The minimum Gasteiger partial charge on any atom is -0.490 e. The molecule has 6 atom stereocenters. The molecule has 9 heteroatoms. The molecule has 44 heavy (non-hydrogen) atoms. The molecule has 1 N–H and O–H groups in total. The number of nitrogens with zero attached hydrogens (tertiary/aromatic N) is 1. The standard InChI is InChI=1S/C35H45ClN2O5S/c1-23-17-25(14-16-42-3)6-7-26-8-9-29(26)20-38-21-35(15-4-5-27-18-30(36)11-12-31(27)35)22-43-33-13-10-28(19-32(33)38)34(39)37-44(40,41)24(23)2/h6-7,10-13,18-19,23-26,29H,4-5,8-9,14-17,20-22H2,1-3H3,(H,37,39)/b7-6-/t23-,24+,25-,26+,29-,35-/m0/s1. The molecule has 0 unspecified atom stereocenters. The fourth-order valence-electron chi connectivity index (χ4n) is 7.73. The Balaban J connectivity index is 1.40. The fourth-order valence-corrected chi connectivity index (χ4v) is 9.21. The molecule has 2 heterocycles. The summed E-state index contributed by atoms with van der Waals surface area (Å²) in [5, 5.41) is 0.0282. The topological polar surface area (TPSA) is 84.9 Å². The number of fused-ring (bicyclic) bond motifs is 4. The maximum Gasteiger partial charge on any atom is 0.264 e. The van der Waals surface area contributed by atoms with E-state index in [-0.39, 0.29) is 17.3 Å². The van der Waals surface area contributed by atoms with Crippen molar-refractivity contribution in [2.45, 2.75) is 69.5 Å². The van der Waals surface area contributed by atoms with Gasteiger partial charge in [0.15, 0.2) is 0 Å². The van der Waals surface area contributed by atoms with Crippen molar-refractivity contribution in [3.05, 3.63) is 70.3 Å². The van der Waals surface area contributed by atoms with Gasteiger partial charge in [-0.2, -0.15) is 0 Å². The average Bonchev–Trinajstić information content (AvgIpc) is 3.13. The van der Waals surface area contributed by atoms with Crippen molar-refractivity contribution >= 4 is 33.2 Å². The van der Waals surface area contributed by atoms with Crippen LogP contribution in [0.15, 0.2) is 48.6 Å². The summed E-state index contributed by atoms with van der Waals surface area (Å²) in [6, 6.07) is 11.6. The summed E-state index contributed by atoms with van der Waals surface area (Å²) >= 11 is 6.42. The van der Waals surface area contributed by atoms with Gasteiger partial charge in [-0.15, -0.1) is 0 Å². The van der Waals surface area contributed by atoms with Crippen LogP contribution in [0.3, 0.4) is 0 Å². The summed E-state index contributed by atoms with van der Waals surface area (Å²) in [4.78, 5) is 15.9. The molecule has 2 aliphatic heterocycles. The molecule has 1 fully saturated rings. The molecule has 2 aliphatic carbocycles. The number of nitrogens with one attached hydrogen (secondary N) is 1. The van der Waals surface area contributed by atoms with Crippen LogP contribution in [0.1, 0.15) is 73.9 Å². The first-order chi connectivity index (χ1) is 21.1. The summed E-state index contributed by atoms with van der Waals surface area (Å²) in [5.41, 5.74) is 3.55. The van der Waals surface area contributed by atoms with E-state index in [1.165, 1.54) is 11.1 Å². The van der Waals surface area contributed by atoms with Crippen LogP contribution in [0, 0.1) is 23.7 Å². The summed E-state index contributed by atoms with van der Waals surface area (Å²) in [6.45, 7) is 6.42. The lowest BCUT2D eigenvalue weighted by atomic mass is 9.69. The van der Waals surface area contributed by atoms with E-state index in [1.807, 2.05) is 25.1 Å². The highest BCUT2D eigenvalue weighted by Crippen LogP contribution is 2.46. The van der Waals surface area contributed by atoms with E-state index >= 15 is 0 Å². The van der Waals surface area contributed by atoms with E-state index in [1.54, 1.807) is 20.1 Å². The number of ether oxygens (including phenoxy) is 2. The summed E-state index contributed by atoms with van der Waals surface area (Å²) in [7, 11) is -2.20. The molecule has 0 aromatic heterocycles. The number of hydrogen-bond donors (Lipinski definition) is 1. The summed E-state index contributed by atoms with van der Waals surface area (Å²) < 4.78 is 41.2. The van der Waals surface area contributed by atoms with E-state index in [9.17, 15) is 13.2 Å². The number of amides is 1. The van der Waals surface area contributed by atoms with Crippen molar-refractivity contribution < 1.29 is 22.7 Å². The Hall–Kier alpha value is -2.55. The molecule has 6 rings (SSSR count). The van der Waals surface area contributed by atoms with Gasteiger partial charge in [-0.25, -0.2) is 13.1 Å². The Kier molecular flexibility index (Phi) is 9.06. The summed E-state index contributed by atoms with van der Waals surface area (Å²) in [5.74, 6) is 1.12. The van der Waals surface area contributed by atoms with Crippen molar-refractivity contribution in [3.8, 4) is 5.75 Å². The van der Waals surface area contributed by atoms with Crippen LogP contribution >= 0.6 is 11.6 Å². The molecule has 2 aromatic carbocycles. The normalized spacial score (nSPS) is 32.3. The van der Waals surface area contributed by atoms with E-state index < -0.39 is 21.2 Å². The number of carbonyl (C=O) groups is 1. The van der Waals surface area contributed by atoms with Gasteiger partial charge < -0.3 is 14.4 Å². The number of methoxy groups -OCH3 is 1. The fraction of sp³-hybridized carbons (Fsp3) is 0.571. The summed E-state index contributed by atoms with van der Waals surface area (Å²) in [6.07, 6.45) is 11.6. The number of rotatable bonds is 3.